The number of ether oxygens (including phenoxy) is 4. The van der Waals surface area contributed by atoms with Crippen LogP contribution in [0.4, 0.5) is 0 Å². The highest BCUT2D eigenvalue weighted by Gasteiger charge is 2.12. The van der Waals surface area contributed by atoms with E-state index in [2.05, 4.69) is 20.7 Å². The van der Waals surface area contributed by atoms with Gasteiger partial charge in [-0.25, -0.2) is 4.79 Å². The van der Waals surface area contributed by atoms with Crippen LogP contribution in [-0.2, 0) is 9.47 Å². The normalized spacial score (nSPS) is 10.7. The molecule has 0 saturated heterocycles. The van der Waals surface area contributed by atoms with Gasteiger partial charge in [-0.2, -0.15) is 0 Å². The lowest BCUT2D eigenvalue weighted by atomic mass is 10.1. The van der Waals surface area contributed by atoms with Gasteiger partial charge in [-0.15, -0.1) is 0 Å². The van der Waals surface area contributed by atoms with Crippen LogP contribution in [0.3, 0.4) is 0 Å². The number of methoxy groups -OCH3 is 3. The van der Waals surface area contributed by atoms with Crippen LogP contribution in [0.25, 0.3) is 12.2 Å². The average molecular weight is 407 g/mol. The molecule has 132 valence electrons. The fourth-order valence-electron chi connectivity index (χ4n) is 2.13. The van der Waals surface area contributed by atoms with Gasteiger partial charge in [-0.05, 0) is 51.3 Å². The third kappa shape index (κ3) is 4.84. The average Bonchev–Trinajstić information content (AvgIpc) is 2.65. The van der Waals surface area contributed by atoms with E-state index >= 15 is 0 Å². The Kier molecular flexibility index (Phi) is 7.03. The van der Waals surface area contributed by atoms with Gasteiger partial charge in [0.1, 0.15) is 0 Å². The monoisotopic (exact) mass is 406 g/mol. The first kappa shape index (κ1) is 19.0. The number of halogens is 1. The van der Waals surface area contributed by atoms with E-state index in [0.29, 0.717) is 17.1 Å². The molecule has 0 N–H and O–H groups in total. The van der Waals surface area contributed by atoms with Gasteiger partial charge in [-0.1, -0.05) is 24.3 Å². The van der Waals surface area contributed by atoms with E-state index in [-0.39, 0.29) is 12.8 Å². The van der Waals surface area contributed by atoms with Gasteiger partial charge in [0.2, 0.25) is 0 Å². The van der Waals surface area contributed by atoms with Crippen LogP contribution >= 0.6 is 15.9 Å². The first-order valence-corrected chi connectivity index (χ1v) is 8.24. The summed E-state index contributed by atoms with van der Waals surface area (Å²) in [5, 5.41) is 0. The lowest BCUT2D eigenvalue weighted by Gasteiger charge is -2.13. The lowest BCUT2D eigenvalue weighted by molar-refractivity contribution is 0.0486. The second kappa shape index (κ2) is 9.25. The lowest BCUT2D eigenvalue weighted by Crippen LogP contribution is -2.02. The molecule has 0 unspecified atom stereocenters. The van der Waals surface area contributed by atoms with Crippen LogP contribution in [0, 0.1) is 0 Å². The maximum atomic E-state index is 11.5. The number of hydrogen-bond donors (Lipinski definition) is 0. The highest BCUT2D eigenvalue weighted by atomic mass is 79.9. The van der Waals surface area contributed by atoms with Crippen molar-refractivity contribution in [2.75, 3.05) is 28.1 Å². The molecule has 2 rings (SSSR count). The molecule has 0 spiro atoms. The molecule has 0 atom stereocenters. The van der Waals surface area contributed by atoms with Gasteiger partial charge in [0.25, 0.3) is 0 Å². The summed E-state index contributed by atoms with van der Waals surface area (Å²) in [7, 11) is 4.50. The van der Waals surface area contributed by atoms with Crippen molar-refractivity contribution in [3.63, 3.8) is 0 Å². The van der Waals surface area contributed by atoms with Crippen molar-refractivity contribution < 1.29 is 23.7 Å². The molecule has 2 aromatic carbocycles. The van der Waals surface area contributed by atoms with Crippen LogP contribution < -0.4 is 9.47 Å². The maximum Gasteiger partial charge on any atom is 0.337 e. The summed E-state index contributed by atoms with van der Waals surface area (Å²) in [5.74, 6) is 0.837. The summed E-state index contributed by atoms with van der Waals surface area (Å²) in [5.41, 5.74) is 2.39. The molecule has 0 amide bonds. The van der Waals surface area contributed by atoms with Crippen molar-refractivity contribution in [1.29, 1.82) is 0 Å². The zero-order chi connectivity index (χ0) is 18.2. The van der Waals surface area contributed by atoms with E-state index in [1.54, 1.807) is 26.4 Å². The molecule has 0 fully saturated rings. The third-order valence-electron chi connectivity index (χ3n) is 3.42. The summed E-state index contributed by atoms with van der Waals surface area (Å²) in [6.07, 6.45) is 3.88. The van der Waals surface area contributed by atoms with E-state index in [1.807, 2.05) is 36.4 Å². The first-order valence-electron chi connectivity index (χ1n) is 7.45. The summed E-state index contributed by atoms with van der Waals surface area (Å²) < 4.78 is 21.3. The fourth-order valence-corrected chi connectivity index (χ4v) is 2.70. The predicted octanol–water partition coefficient (Wildman–Crippen LogP) is 4.40. The summed E-state index contributed by atoms with van der Waals surface area (Å²) >= 11 is 3.54. The van der Waals surface area contributed by atoms with Crippen LogP contribution in [0.2, 0.25) is 0 Å². The molecule has 0 radical (unpaired) electrons. The molecule has 5 nitrogen and oxygen atoms in total. The van der Waals surface area contributed by atoms with Gasteiger partial charge in [-0.3, -0.25) is 0 Å². The Morgan fingerprint density at radius 3 is 2.36 bits per heavy atom. The predicted molar refractivity (Wildman–Crippen MR) is 99.9 cm³/mol. The van der Waals surface area contributed by atoms with Crippen molar-refractivity contribution in [3.8, 4) is 11.5 Å². The Morgan fingerprint density at radius 1 is 1.04 bits per heavy atom. The second-order valence-corrected chi connectivity index (χ2v) is 5.79. The zero-order valence-electron chi connectivity index (χ0n) is 14.2. The second-order valence-electron chi connectivity index (χ2n) is 5.00. The molecular weight excluding hydrogens is 388 g/mol. The van der Waals surface area contributed by atoms with E-state index in [0.717, 1.165) is 15.6 Å². The van der Waals surface area contributed by atoms with Gasteiger partial charge >= 0.3 is 5.97 Å². The van der Waals surface area contributed by atoms with Crippen molar-refractivity contribution in [3.05, 3.63) is 57.6 Å². The molecule has 2 aromatic rings. The number of benzene rings is 2. The minimum Gasteiger partial charge on any atom is -0.493 e. The molecule has 0 aliphatic heterocycles. The number of esters is 1. The smallest absolute Gasteiger partial charge is 0.337 e. The third-order valence-corrected chi connectivity index (χ3v) is 4.24. The van der Waals surface area contributed by atoms with Crippen molar-refractivity contribution in [1.82, 2.24) is 0 Å². The molecule has 25 heavy (non-hydrogen) atoms. The molecule has 0 heterocycles. The first-order chi connectivity index (χ1) is 12.1. The molecule has 6 heteroatoms. The SMILES string of the molecule is COCOc1c(OC)ccc(C=Cc2ccc(C(=O)OC)cc2)c1Br. The highest BCUT2D eigenvalue weighted by molar-refractivity contribution is 9.10. The molecule has 0 aliphatic rings. The molecule has 0 saturated carbocycles. The Balaban J connectivity index is 2.24. The van der Waals surface area contributed by atoms with Crippen LogP contribution in [0.15, 0.2) is 40.9 Å². The van der Waals surface area contributed by atoms with E-state index in [1.165, 1.54) is 7.11 Å². The van der Waals surface area contributed by atoms with Gasteiger partial charge in [0, 0.05) is 7.11 Å². The van der Waals surface area contributed by atoms with E-state index in [9.17, 15) is 4.79 Å². The molecule has 0 aromatic heterocycles. The van der Waals surface area contributed by atoms with Gasteiger partial charge in [0.15, 0.2) is 18.3 Å². The Labute approximate surface area is 155 Å². The minimum atomic E-state index is -0.353. The number of carbonyl (C=O) groups is 1. The van der Waals surface area contributed by atoms with Crippen LogP contribution in [0.5, 0.6) is 11.5 Å². The molecule has 0 bridgehead atoms. The fraction of sp³-hybridized carbons (Fsp3) is 0.211. The summed E-state index contributed by atoms with van der Waals surface area (Å²) in [6, 6.07) is 10.9. The largest absolute Gasteiger partial charge is 0.493 e. The summed E-state index contributed by atoms with van der Waals surface area (Å²) in [4.78, 5) is 11.5. The van der Waals surface area contributed by atoms with Crippen molar-refractivity contribution in [2.24, 2.45) is 0 Å². The topological polar surface area (TPSA) is 54.0 Å². The number of carbonyl (C=O) groups excluding carboxylic acids is 1. The van der Waals surface area contributed by atoms with Crippen LogP contribution in [0.1, 0.15) is 21.5 Å². The van der Waals surface area contributed by atoms with E-state index < -0.39 is 0 Å². The number of hydrogen-bond acceptors (Lipinski definition) is 5. The summed E-state index contributed by atoms with van der Waals surface area (Å²) in [6.45, 7) is 0.122. The van der Waals surface area contributed by atoms with Crippen molar-refractivity contribution >= 4 is 34.1 Å². The van der Waals surface area contributed by atoms with Gasteiger partial charge in [0.05, 0.1) is 24.3 Å². The Bertz CT molecular complexity index is 753. The van der Waals surface area contributed by atoms with Crippen LogP contribution in [-0.4, -0.2) is 34.1 Å². The molecular formula is C19H19BrO5. The molecule has 0 aliphatic carbocycles. The Hall–Kier alpha value is -2.31. The minimum absolute atomic E-state index is 0.122. The Morgan fingerprint density at radius 2 is 1.76 bits per heavy atom. The van der Waals surface area contributed by atoms with Crippen molar-refractivity contribution in [2.45, 2.75) is 0 Å². The maximum absolute atomic E-state index is 11.5. The zero-order valence-corrected chi connectivity index (χ0v) is 15.8. The number of rotatable bonds is 7. The standard InChI is InChI=1S/C19H19BrO5/c1-22-12-25-18-16(23-2)11-10-14(17(18)20)7-4-13-5-8-15(9-6-13)19(21)24-3/h4-11H,12H2,1-3H3. The van der Waals surface area contributed by atoms with Gasteiger partial charge < -0.3 is 18.9 Å². The quantitative estimate of drug-likeness (QED) is 0.387. The highest BCUT2D eigenvalue weighted by Crippen LogP contribution is 2.38. The van der Waals surface area contributed by atoms with E-state index in [4.69, 9.17) is 14.2 Å².